The van der Waals surface area contributed by atoms with Crippen LogP contribution in [-0.4, -0.2) is 84.2 Å². The number of aromatic hydroxyl groups is 2. The molecule has 0 aliphatic carbocycles. The molecule has 0 fully saturated rings. The van der Waals surface area contributed by atoms with E-state index in [9.17, 15) is 29.4 Å². The third-order valence-corrected chi connectivity index (χ3v) is 7.62. The van der Waals surface area contributed by atoms with Crippen LogP contribution in [-0.2, 0) is 32.0 Å². The van der Waals surface area contributed by atoms with Gasteiger partial charge < -0.3 is 54.4 Å². The second-order valence-electron chi connectivity index (χ2n) is 11.3. The number of phenolic OH excluding ortho intramolecular Hbond substituents is 2. The Labute approximate surface area is 262 Å². The van der Waals surface area contributed by atoms with Crippen LogP contribution >= 0.6 is 0 Å². The third kappa shape index (κ3) is 10.7. The maximum atomic E-state index is 13.5. The maximum absolute atomic E-state index is 13.5. The van der Waals surface area contributed by atoms with Gasteiger partial charge in [-0.25, -0.2) is 0 Å². The average Bonchev–Trinajstić information content (AvgIpc) is 3.01. The standard InChI is InChI=1S/C31H46N8O6/c32-9-1-4-24-31(45)39-25(30(44)37-11-2-3-22(34)17-28(42)36-12-10-33)16-21-14-19(6-8-27(21)41)18-5-7-26(40)20(13-18)15-23(35)29(43)38-24/h5-8,13-14,22-25,40-41H,1-4,9-12,15-17,32-35H2,(H,36,42)(H,37,44)(H,38,43)(H,39,45)/t22-,23-,24-,25-/m0/s1. The number of nitrogens with two attached hydrogens (primary N) is 4. The predicted molar refractivity (Wildman–Crippen MR) is 170 cm³/mol. The molecule has 0 unspecified atom stereocenters. The van der Waals surface area contributed by atoms with Crippen LogP contribution in [0.3, 0.4) is 0 Å². The van der Waals surface area contributed by atoms with E-state index in [4.69, 9.17) is 22.9 Å². The van der Waals surface area contributed by atoms with Gasteiger partial charge in [-0.3, -0.25) is 19.2 Å². The minimum Gasteiger partial charge on any atom is -0.508 e. The van der Waals surface area contributed by atoms with Crippen molar-refractivity contribution in [1.29, 1.82) is 0 Å². The van der Waals surface area contributed by atoms with Gasteiger partial charge in [0.2, 0.25) is 23.6 Å². The van der Waals surface area contributed by atoms with Gasteiger partial charge in [-0.15, -0.1) is 0 Å². The molecule has 2 aromatic carbocycles. The molecular weight excluding hydrogens is 580 g/mol. The van der Waals surface area contributed by atoms with E-state index in [1.54, 1.807) is 24.3 Å². The molecule has 246 valence electrons. The molecule has 14 nitrogen and oxygen atoms in total. The summed E-state index contributed by atoms with van der Waals surface area (Å²) in [5.74, 6) is -2.00. The molecule has 3 rings (SSSR count). The molecule has 2 aromatic rings. The number of phenols is 2. The van der Waals surface area contributed by atoms with Gasteiger partial charge in [0.1, 0.15) is 23.6 Å². The van der Waals surface area contributed by atoms with E-state index in [1.165, 1.54) is 12.1 Å². The van der Waals surface area contributed by atoms with Crippen molar-refractivity contribution >= 4 is 23.6 Å². The number of fused-ring (bicyclic) bond motifs is 5. The van der Waals surface area contributed by atoms with Crippen molar-refractivity contribution in [1.82, 2.24) is 21.3 Å². The molecule has 4 bridgehead atoms. The van der Waals surface area contributed by atoms with E-state index in [2.05, 4.69) is 21.3 Å². The molecule has 1 aliphatic rings. The lowest BCUT2D eigenvalue weighted by atomic mass is 9.95. The number of carbonyl (C=O) groups is 4. The Morgan fingerprint density at radius 2 is 1.51 bits per heavy atom. The molecule has 0 aromatic heterocycles. The first kappa shape index (κ1) is 35.2. The van der Waals surface area contributed by atoms with Crippen molar-refractivity contribution in [3.63, 3.8) is 0 Å². The average molecular weight is 627 g/mol. The van der Waals surface area contributed by atoms with E-state index < -0.39 is 41.9 Å². The number of benzene rings is 2. The van der Waals surface area contributed by atoms with Crippen molar-refractivity contribution in [3.8, 4) is 22.6 Å². The van der Waals surface area contributed by atoms with Crippen LogP contribution < -0.4 is 44.2 Å². The topological polar surface area (TPSA) is 261 Å². The van der Waals surface area contributed by atoms with Crippen LogP contribution in [0.2, 0.25) is 0 Å². The first-order valence-electron chi connectivity index (χ1n) is 15.2. The normalized spacial score (nSPS) is 19.3. The summed E-state index contributed by atoms with van der Waals surface area (Å²) in [6, 6.07) is 6.19. The number of hydrogen-bond donors (Lipinski definition) is 10. The van der Waals surface area contributed by atoms with E-state index in [-0.39, 0.29) is 56.2 Å². The van der Waals surface area contributed by atoms with Crippen LogP contribution in [0.15, 0.2) is 36.4 Å². The zero-order valence-electron chi connectivity index (χ0n) is 25.4. The lowest BCUT2D eigenvalue weighted by Gasteiger charge is -2.24. The Balaban J connectivity index is 1.85. The highest BCUT2D eigenvalue weighted by Crippen LogP contribution is 2.31. The SMILES string of the molecule is NCCC[C@@H]1NC(=O)[C@@H](N)Cc2cc(ccc2O)-c2ccc(O)c(c2)C[C@@H](C(=O)NCCC[C@H](N)CC(=O)NCCN)NC1=O. The minimum atomic E-state index is -1.11. The number of carbonyl (C=O) groups excluding carboxylic acids is 4. The summed E-state index contributed by atoms with van der Waals surface area (Å²) in [6.07, 6.45) is 1.65. The summed E-state index contributed by atoms with van der Waals surface area (Å²) in [5, 5.41) is 32.1. The Morgan fingerprint density at radius 1 is 0.867 bits per heavy atom. The highest BCUT2D eigenvalue weighted by molar-refractivity contribution is 5.93. The quantitative estimate of drug-likeness (QED) is 0.123. The molecule has 4 amide bonds. The number of amides is 4. The predicted octanol–water partition coefficient (Wildman–Crippen LogP) is -1.41. The molecule has 0 saturated heterocycles. The zero-order chi connectivity index (χ0) is 32.9. The monoisotopic (exact) mass is 626 g/mol. The molecular formula is C31H46N8O6. The summed E-state index contributed by atoms with van der Waals surface area (Å²) in [7, 11) is 0. The van der Waals surface area contributed by atoms with Gasteiger partial charge in [0.05, 0.1) is 6.04 Å². The minimum absolute atomic E-state index is 0.00867. The van der Waals surface area contributed by atoms with Gasteiger partial charge in [0.25, 0.3) is 0 Å². The van der Waals surface area contributed by atoms with E-state index in [1.807, 2.05) is 0 Å². The highest BCUT2D eigenvalue weighted by atomic mass is 16.3. The Bertz CT molecular complexity index is 1340. The van der Waals surface area contributed by atoms with Crippen LogP contribution in [0, 0.1) is 0 Å². The van der Waals surface area contributed by atoms with Crippen LogP contribution in [0.5, 0.6) is 11.5 Å². The summed E-state index contributed by atoms with van der Waals surface area (Å²) in [5.41, 5.74) is 25.5. The third-order valence-electron chi connectivity index (χ3n) is 7.62. The summed E-state index contributed by atoms with van der Waals surface area (Å²) < 4.78 is 0. The fourth-order valence-corrected chi connectivity index (χ4v) is 5.08. The Morgan fingerprint density at radius 3 is 2.13 bits per heavy atom. The summed E-state index contributed by atoms with van der Waals surface area (Å²) in [4.78, 5) is 51.8. The van der Waals surface area contributed by atoms with Gasteiger partial charge in [0.15, 0.2) is 0 Å². The van der Waals surface area contributed by atoms with E-state index >= 15 is 0 Å². The van der Waals surface area contributed by atoms with Gasteiger partial charge in [-0.1, -0.05) is 12.1 Å². The first-order chi connectivity index (χ1) is 21.5. The zero-order valence-corrected chi connectivity index (χ0v) is 25.4. The highest BCUT2D eigenvalue weighted by Gasteiger charge is 2.29. The fraction of sp³-hybridized carbons (Fsp3) is 0.484. The smallest absolute Gasteiger partial charge is 0.243 e. The maximum Gasteiger partial charge on any atom is 0.243 e. The number of nitrogens with one attached hydrogen (secondary N) is 4. The lowest BCUT2D eigenvalue weighted by molar-refractivity contribution is -0.132. The largest absolute Gasteiger partial charge is 0.508 e. The van der Waals surface area contributed by atoms with Gasteiger partial charge >= 0.3 is 0 Å². The van der Waals surface area contributed by atoms with Crippen molar-refractivity contribution in [2.24, 2.45) is 22.9 Å². The van der Waals surface area contributed by atoms with Crippen LogP contribution in [0.4, 0.5) is 0 Å². The molecule has 45 heavy (non-hydrogen) atoms. The fourth-order valence-electron chi connectivity index (χ4n) is 5.08. The second kappa shape index (κ2) is 17.3. The molecule has 1 aliphatic heterocycles. The molecule has 14 N–H and O–H groups in total. The van der Waals surface area contributed by atoms with Crippen LogP contribution in [0.25, 0.3) is 11.1 Å². The van der Waals surface area contributed by atoms with Gasteiger partial charge in [-0.05, 0) is 78.7 Å². The van der Waals surface area contributed by atoms with E-state index in [0.29, 0.717) is 54.6 Å². The molecule has 14 heteroatoms. The summed E-state index contributed by atoms with van der Waals surface area (Å²) >= 11 is 0. The molecule has 0 radical (unpaired) electrons. The summed E-state index contributed by atoms with van der Waals surface area (Å²) in [6.45, 7) is 1.20. The number of rotatable bonds is 12. The van der Waals surface area contributed by atoms with Crippen molar-refractivity contribution < 1.29 is 29.4 Å². The molecule has 0 saturated carbocycles. The molecule has 4 atom stereocenters. The molecule has 0 spiro atoms. The second-order valence-corrected chi connectivity index (χ2v) is 11.3. The Hall–Kier alpha value is -4.24. The van der Waals surface area contributed by atoms with Crippen molar-refractivity contribution in [2.45, 2.75) is 69.1 Å². The van der Waals surface area contributed by atoms with Gasteiger partial charge in [0, 0.05) is 44.9 Å². The van der Waals surface area contributed by atoms with Crippen molar-refractivity contribution in [3.05, 3.63) is 47.5 Å². The lowest BCUT2D eigenvalue weighted by Crippen LogP contribution is -2.56. The van der Waals surface area contributed by atoms with Crippen molar-refractivity contribution in [2.75, 3.05) is 26.2 Å². The van der Waals surface area contributed by atoms with E-state index in [0.717, 1.165) is 0 Å². The Kier molecular flexibility index (Phi) is 13.5. The first-order valence-corrected chi connectivity index (χ1v) is 15.2. The van der Waals surface area contributed by atoms with Gasteiger partial charge in [-0.2, -0.15) is 0 Å². The number of hydrogen-bond acceptors (Lipinski definition) is 10. The van der Waals surface area contributed by atoms with Crippen LogP contribution in [0.1, 0.15) is 43.2 Å². The molecule has 1 heterocycles.